The molecule has 0 aromatic heterocycles. The van der Waals surface area contributed by atoms with Crippen molar-refractivity contribution in [2.45, 2.75) is 55.6 Å². The fourth-order valence-electron chi connectivity index (χ4n) is 2.98. The minimum atomic E-state index is -1.54. The van der Waals surface area contributed by atoms with Crippen LogP contribution in [0.5, 0.6) is 0 Å². The quantitative estimate of drug-likeness (QED) is 0.184. The highest BCUT2D eigenvalue weighted by molar-refractivity contribution is 8.39. The minimum absolute atomic E-state index is 0.119. The van der Waals surface area contributed by atoms with Crippen molar-refractivity contribution in [1.29, 1.82) is 0 Å². The number of carbonyl (C=O) groups excluding carboxylic acids is 3. The first-order chi connectivity index (χ1) is 13.6. The zero-order chi connectivity index (χ0) is 22.2. The van der Waals surface area contributed by atoms with Gasteiger partial charge in [0.25, 0.3) is 0 Å². The van der Waals surface area contributed by atoms with Gasteiger partial charge in [0.2, 0.25) is 5.91 Å². The topological polar surface area (TPSA) is 98.5 Å². The fraction of sp³-hybridized carbons (Fsp3) is 0.632. The second kappa shape index (κ2) is 12.5. The Labute approximate surface area is 192 Å². The smallest absolute Gasteiger partial charge is 0.244 e. The van der Waals surface area contributed by atoms with Crippen molar-refractivity contribution in [3.8, 4) is 0 Å². The van der Waals surface area contributed by atoms with E-state index >= 15 is 0 Å². The van der Waals surface area contributed by atoms with Gasteiger partial charge in [-0.1, -0.05) is 42.6 Å². The number of nitrogens with one attached hydrogen (secondary N) is 1. The van der Waals surface area contributed by atoms with Gasteiger partial charge in [0.15, 0.2) is 17.2 Å². The van der Waals surface area contributed by atoms with Crippen LogP contribution in [-0.4, -0.2) is 51.9 Å². The molecular weight excluding hydrogens is 448 g/mol. The minimum Gasteiger partial charge on any atom is -0.363 e. The standard InChI is InChI=1S/C19H30N2O4S4/c1-5-13(7-8-26)14(11(3)22)9-15(23)19(18(20)27,25-6-2)10-21-16(24)17-28-12(4)29-17/h17-18,26-27H,4-10,20H2,1-3H3,(H,21,24)/b14-13-/t18?,19-/m0/s1. The molecule has 6 nitrogen and oxygen atoms in total. The van der Waals surface area contributed by atoms with Crippen molar-refractivity contribution < 1.29 is 19.1 Å². The van der Waals surface area contributed by atoms with E-state index in [-0.39, 0.29) is 41.6 Å². The zero-order valence-corrected chi connectivity index (χ0v) is 20.4. The Morgan fingerprint density at radius 2 is 1.97 bits per heavy atom. The third kappa shape index (κ3) is 7.07. The molecule has 0 bridgehead atoms. The Kier molecular flexibility index (Phi) is 11.4. The number of hydrogen-bond donors (Lipinski definition) is 4. The molecule has 0 spiro atoms. The van der Waals surface area contributed by atoms with Crippen LogP contribution in [0.25, 0.3) is 0 Å². The summed E-state index contributed by atoms with van der Waals surface area (Å²) >= 11 is 11.3. The Balaban J connectivity index is 3.10. The number of amides is 1. The lowest BCUT2D eigenvalue weighted by Gasteiger charge is -2.36. The molecule has 0 saturated carbocycles. The number of ether oxygens (including phenoxy) is 1. The maximum atomic E-state index is 13.3. The summed E-state index contributed by atoms with van der Waals surface area (Å²) in [5, 5.41) is 1.78. The van der Waals surface area contributed by atoms with E-state index in [1.807, 2.05) is 6.92 Å². The van der Waals surface area contributed by atoms with Crippen molar-refractivity contribution >= 4 is 66.3 Å². The number of Topliss-reactive ketones (excluding diaryl/α,β-unsaturated/α-hetero) is 2. The normalized spacial score (nSPS) is 18.3. The molecule has 3 N–H and O–H groups in total. The average Bonchev–Trinajstić information content (AvgIpc) is 2.64. The van der Waals surface area contributed by atoms with E-state index in [4.69, 9.17) is 10.5 Å². The van der Waals surface area contributed by atoms with E-state index in [1.165, 1.54) is 30.4 Å². The number of nitrogens with two attached hydrogens (primary N) is 1. The Hall–Kier alpha value is -0.390. The SMILES string of the molecule is C=C1SC(C(=O)NC[C@](OCC)(C(=O)C/C(C(C)=O)=C(\CC)CCS)C(N)S)S1. The van der Waals surface area contributed by atoms with E-state index in [9.17, 15) is 14.4 Å². The molecule has 2 atom stereocenters. The largest absolute Gasteiger partial charge is 0.363 e. The summed E-state index contributed by atoms with van der Waals surface area (Å²) in [4.78, 5) is 37.9. The Morgan fingerprint density at radius 3 is 2.38 bits per heavy atom. The number of allylic oxidation sites excluding steroid dienone is 2. The van der Waals surface area contributed by atoms with Gasteiger partial charge in [0.05, 0.1) is 11.9 Å². The maximum absolute atomic E-state index is 13.3. The van der Waals surface area contributed by atoms with Gasteiger partial charge >= 0.3 is 0 Å². The highest BCUT2D eigenvalue weighted by Crippen LogP contribution is 2.49. The number of ketones is 2. The molecule has 1 unspecified atom stereocenters. The summed E-state index contributed by atoms with van der Waals surface area (Å²) in [6.07, 6.45) is 1.14. The Bertz CT molecular complexity index is 673. The van der Waals surface area contributed by atoms with Gasteiger partial charge in [-0.15, -0.1) is 0 Å². The first kappa shape index (κ1) is 26.6. The van der Waals surface area contributed by atoms with Gasteiger partial charge in [-0.3, -0.25) is 14.4 Å². The van der Waals surface area contributed by atoms with E-state index in [1.54, 1.807) is 6.92 Å². The van der Waals surface area contributed by atoms with Gasteiger partial charge in [-0.2, -0.15) is 25.3 Å². The van der Waals surface area contributed by atoms with Crippen LogP contribution in [0.2, 0.25) is 0 Å². The predicted octanol–water partition coefficient (Wildman–Crippen LogP) is 2.94. The molecule has 1 amide bonds. The van der Waals surface area contributed by atoms with Crippen LogP contribution in [0.1, 0.15) is 40.0 Å². The van der Waals surface area contributed by atoms with Crippen LogP contribution < -0.4 is 11.1 Å². The molecule has 29 heavy (non-hydrogen) atoms. The molecule has 164 valence electrons. The highest BCUT2D eigenvalue weighted by atomic mass is 32.3. The lowest BCUT2D eigenvalue weighted by atomic mass is 9.88. The third-order valence-electron chi connectivity index (χ3n) is 4.60. The van der Waals surface area contributed by atoms with Gasteiger partial charge < -0.3 is 15.8 Å². The maximum Gasteiger partial charge on any atom is 0.244 e. The first-order valence-electron chi connectivity index (χ1n) is 9.36. The average molecular weight is 479 g/mol. The van der Waals surface area contributed by atoms with Gasteiger partial charge in [0, 0.05) is 22.8 Å². The van der Waals surface area contributed by atoms with Crippen LogP contribution in [0, 0.1) is 0 Å². The molecule has 0 aromatic carbocycles. The summed E-state index contributed by atoms with van der Waals surface area (Å²) < 4.78 is 6.33. The molecule has 1 heterocycles. The van der Waals surface area contributed by atoms with E-state index in [2.05, 4.69) is 37.2 Å². The molecule has 0 aliphatic carbocycles. The van der Waals surface area contributed by atoms with Crippen LogP contribution in [-0.2, 0) is 19.1 Å². The monoisotopic (exact) mass is 478 g/mol. The summed E-state index contributed by atoms with van der Waals surface area (Å²) in [6, 6.07) is 0. The highest BCUT2D eigenvalue weighted by Gasteiger charge is 2.45. The van der Waals surface area contributed by atoms with Crippen LogP contribution in [0.4, 0.5) is 0 Å². The molecule has 1 saturated heterocycles. The van der Waals surface area contributed by atoms with E-state index in [0.29, 0.717) is 24.2 Å². The number of hydrogen-bond acceptors (Lipinski definition) is 9. The predicted molar refractivity (Wildman–Crippen MR) is 129 cm³/mol. The molecule has 1 aliphatic rings. The summed E-state index contributed by atoms with van der Waals surface area (Å²) in [5.74, 6) is -0.199. The summed E-state index contributed by atoms with van der Waals surface area (Å²) in [5.41, 5.74) is 5.85. The number of thiol groups is 2. The third-order valence-corrected chi connectivity index (χ3v) is 7.77. The molecule has 1 rings (SSSR count). The van der Waals surface area contributed by atoms with Crippen LogP contribution >= 0.6 is 48.8 Å². The van der Waals surface area contributed by atoms with Gasteiger partial charge in [0.1, 0.15) is 4.58 Å². The van der Waals surface area contributed by atoms with Crippen LogP contribution in [0.3, 0.4) is 0 Å². The summed E-state index contributed by atoms with van der Waals surface area (Å²) in [7, 11) is 0. The van der Waals surface area contributed by atoms with Crippen molar-refractivity contribution in [3.05, 3.63) is 22.0 Å². The fourth-order valence-corrected chi connectivity index (χ4v) is 5.42. The van der Waals surface area contributed by atoms with Crippen molar-refractivity contribution in [1.82, 2.24) is 5.32 Å². The second-order valence-electron chi connectivity index (χ2n) is 6.49. The lowest BCUT2D eigenvalue weighted by molar-refractivity contribution is -0.144. The number of carbonyl (C=O) groups is 3. The molecule has 1 fully saturated rings. The Morgan fingerprint density at radius 1 is 1.34 bits per heavy atom. The molecule has 1 aliphatic heterocycles. The summed E-state index contributed by atoms with van der Waals surface area (Å²) in [6.45, 7) is 8.98. The second-order valence-corrected chi connectivity index (χ2v) is 10.5. The molecular formula is C19H30N2O4S4. The first-order valence-corrected chi connectivity index (χ1v) is 12.3. The molecule has 10 heteroatoms. The van der Waals surface area contributed by atoms with E-state index < -0.39 is 11.0 Å². The van der Waals surface area contributed by atoms with Crippen molar-refractivity contribution in [3.63, 3.8) is 0 Å². The van der Waals surface area contributed by atoms with Gasteiger partial charge in [-0.25, -0.2) is 0 Å². The van der Waals surface area contributed by atoms with Gasteiger partial charge in [-0.05, 0) is 32.4 Å². The molecule has 0 radical (unpaired) electrons. The zero-order valence-electron chi connectivity index (χ0n) is 17.0. The number of rotatable bonds is 13. The van der Waals surface area contributed by atoms with E-state index in [0.717, 1.165) is 9.81 Å². The lowest BCUT2D eigenvalue weighted by Crippen LogP contribution is -2.60. The molecule has 0 aromatic rings. The van der Waals surface area contributed by atoms with Crippen LogP contribution in [0.15, 0.2) is 22.0 Å². The van der Waals surface area contributed by atoms with Crippen molar-refractivity contribution in [2.75, 3.05) is 18.9 Å². The van der Waals surface area contributed by atoms with Crippen molar-refractivity contribution in [2.24, 2.45) is 5.73 Å². The number of thioether (sulfide) groups is 2.